The lowest BCUT2D eigenvalue weighted by atomic mass is 10.1. The van der Waals surface area contributed by atoms with Crippen molar-refractivity contribution in [3.8, 4) is 5.75 Å². The van der Waals surface area contributed by atoms with E-state index in [0.29, 0.717) is 19.6 Å². The highest BCUT2D eigenvalue weighted by molar-refractivity contribution is 5.95. The number of carbonyl (C=O) groups excluding carboxylic acids is 2. The fraction of sp³-hybridized carbons (Fsp3) is 0.500. The third-order valence-electron chi connectivity index (χ3n) is 4.50. The summed E-state index contributed by atoms with van der Waals surface area (Å²) in [5, 5.41) is 0. The largest absolute Gasteiger partial charge is 0.497 e. The highest BCUT2D eigenvalue weighted by atomic mass is 16.5. The summed E-state index contributed by atoms with van der Waals surface area (Å²) < 4.78 is 5.16. The van der Waals surface area contributed by atoms with Crippen LogP contribution in [0.5, 0.6) is 5.75 Å². The minimum atomic E-state index is -0.000496. The summed E-state index contributed by atoms with van der Waals surface area (Å²) in [4.78, 5) is 28.4. The molecule has 0 bridgehead atoms. The van der Waals surface area contributed by atoms with Gasteiger partial charge in [-0.25, -0.2) is 0 Å². The van der Waals surface area contributed by atoms with Crippen molar-refractivity contribution < 1.29 is 14.3 Å². The number of nitrogens with zero attached hydrogens (tertiary/aromatic N) is 2. The van der Waals surface area contributed by atoms with Crippen molar-refractivity contribution in [3.63, 3.8) is 0 Å². The summed E-state index contributed by atoms with van der Waals surface area (Å²) in [5.41, 5.74) is 1.92. The maximum Gasteiger partial charge on any atom is 0.246 e. The lowest BCUT2D eigenvalue weighted by Gasteiger charge is -2.23. The van der Waals surface area contributed by atoms with E-state index < -0.39 is 0 Å². The average molecular weight is 344 g/mol. The summed E-state index contributed by atoms with van der Waals surface area (Å²) in [7, 11) is 1.63. The zero-order chi connectivity index (χ0) is 18.4. The van der Waals surface area contributed by atoms with Gasteiger partial charge in [-0.3, -0.25) is 9.59 Å². The Morgan fingerprint density at radius 2 is 1.64 bits per heavy atom. The van der Waals surface area contributed by atoms with E-state index in [1.165, 1.54) is 0 Å². The topological polar surface area (TPSA) is 49.9 Å². The molecule has 1 aromatic rings. The van der Waals surface area contributed by atoms with Gasteiger partial charge >= 0.3 is 0 Å². The fourth-order valence-electron chi connectivity index (χ4n) is 2.94. The number of carbonyl (C=O) groups is 2. The van der Waals surface area contributed by atoms with Crippen LogP contribution < -0.4 is 4.74 Å². The van der Waals surface area contributed by atoms with E-state index in [2.05, 4.69) is 0 Å². The summed E-state index contributed by atoms with van der Waals surface area (Å²) in [6.07, 6.45) is 2.50. The number of amides is 2. The minimum absolute atomic E-state index is 0.000496. The number of allylic oxidation sites excluding steroid dienone is 1. The van der Waals surface area contributed by atoms with Crippen LogP contribution in [-0.4, -0.2) is 54.9 Å². The smallest absolute Gasteiger partial charge is 0.246 e. The molecule has 5 nitrogen and oxygen atoms in total. The molecule has 0 aliphatic carbocycles. The summed E-state index contributed by atoms with van der Waals surface area (Å²) in [5.74, 6) is 0.969. The third-order valence-corrected chi connectivity index (χ3v) is 4.50. The maximum absolute atomic E-state index is 12.6. The zero-order valence-corrected chi connectivity index (χ0v) is 15.6. The van der Waals surface area contributed by atoms with Crippen LogP contribution in [0, 0.1) is 5.92 Å². The van der Waals surface area contributed by atoms with E-state index in [-0.39, 0.29) is 17.7 Å². The van der Waals surface area contributed by atoms with Crippen LogP contribution in [0.2, 0.25) is 0 Å². The van der Waals surface area contributed by atoms with E-state index >= 15 is 0 Å². The molecule has 0 saturated carbocycles. The van der Waals surface area contributed by atoms with E-state index in [9.17, 15) is 9.59 Å². The second-order valence-corrected chi connectivity index (χ2v) is 6.71. The highest BCUT2D eigenvalue weighted by Gasteiger charge is 2.22. The molecule has 2 rings (SSSR count). The molecule has 0 N–H and O–H groups in total. The van der Waals surface area contributed by atoms with E-state index in [1.54, 1.807) is 13.2 Å². The Balaban J connectivity index is 2.00. The minimum Gasteiger partial charge on any atom is -0.497 e. The van der Waals surface area contributed by atoms with Crippen molar-refractivity contribution >= 4 is 17.4 Å². The van der Waals surface area contributed by atoms with E-state index in [1.807, 2.05) is 54.8 Å². The Labute approximate surface area is 150 Å². The van der Waals surface area contributed by atoms with Gasteiger partial charge in [0.1, 0.15) is 5.75 Å². The molecular weight excluding hydrogens is 316 g/mol. The van der Waals surface area contributed by atoms with Crippen molar-refractivity contribution in [1.29, 1.82) is 0 Å². The average Bonchev–Trinajstić information content (AvgIpc) is 2.87. The SMILES string of the molecule is COc1ccc(C(C)=CC(=O)N2CCCN(C(=O)C(C)C)CC2)cc1. The molecule has 2 amide bonds. The normalized spacial score (nSPS) is 16.0. The van der Waals surface area contributed by atoms with Crippen molar-refractivity contribution in [3.05, 3.63) is 35.9 Å². The van der Waals surface area contributed by atoms with Crippen LogP contribution in [0.3, 0.4) is 0 Å². The van der Waals surface area contributed by atoms with Gasteiger partial charge in [-0.2, -0.15) is 0 Å². The van der Waals surface area contributed by atoms with Crippen LogP contribution in [0.15, 0.2) is 30.3 Å². The molecule has 1 aliphatic heterocycles. The predicted molar refractivity (Wildman–Crippen MR) is 99.3 cm³/mol. The van der Waals surface area contributed by atoms with Gasteiger partial charge in [0.25, 0.3) is 0 Å². The highest BCUT2D eigenvalue weighted by Crippen LogP contribution is 2.18. The molecule has 5 heteroatoms. The number of rotatable bonds is 4. The van der Waals surface area contributed by atoms with Gasteiger partial charge in [0.05, 0.1) is 7.11 Å². The molecule has 1 aliphatic rings. The number of hydrogen-bond acceptors (Lipinski definition) is 3. The van der Waals surface area contributed by atoms with Gasteiger partial charge in [-0.1, -0.05) is 26.0 Å². The molecule has 1 aromatic carbocycles. The zero-order valence-electron chi connectivity index (χ0n) is 15.6. The second-order valence-electron chi connectivity index (χ2n) is 6.71. The lowest BCUT2D eigenvalue weighted by Crippen LogP contribution is -2.38. The van der Waals surface area contributed by atoms with Gasteiger partial charge in [-0.05, 0) is 36.6 Å². The molecule has 0 radical (unpaired) electrons. The molecule has 0 aromatic heterocycles. The Kier molecular flexibility index (Phi) is 6.62. The molecule has 1 saturated heterocycles. The van der Waals surface area contributed by atoms with Gasteiger partial charge in [0.2, 0.25) is 11.8 Å². The summed E-state index contributed by atoms with van der Waals surface area (Å²) in [6.45, 7) is 8.37. The van der Waals surface area contributed by atoms with Crippen molar-refractivity contribution in [1.82, 2.24) is 9.80 Å². The Morgan fingerprint density at radius 1 is 1.04 bits per heavy atom. The molecule has 1 heterocycles. The monoisotopic (exact) mass is 344 g/mol. The first-order valence-corrected chi connectivity index (χ1v) is 8.82. The van der Waals surface area contributed by atoms with E-state index in [4.69, 9.17) is 4.74 Å². The first-order chi connectivity index (χ1) is 11.9. The van der Waals surface area contributed by atoms with Crippen LogP contribution in [-0.2, 0) is 9.59 Å². The Bertz CT molecular complexity index is 635. The van der Waals surface area contributed by atoms with Crippen molar-refractivity contribution in [2.24, 2.45) is 5.92 Å². The molecule has 25 heavy (non-hydrogen) atoms. The molecule has 1 fully saturated rings. The van der Waals surface area contributed by atoms with Crippen LogP contribution >= 0.6 is 0 Å². The van der Waals surface area contributed by atoms with Crippen molar-refractivity contribution in [2.45, 2.75) is 27.2 Å². The van der Waals surface area contributed by atoms with Crippen LogP contribution in [0.1, 0.15) is 32.8 Å². The Hall–Kier alpha value is -2.30. The van der Waals surface area contributed by atoms with E-state index in [0.717, 1.165) is 29.9 Å². The van der Waals surface area contributed by atoms with Gasteiger partial charge < -0.3 is 14.5 Å². The molecular formula is C20H28N2O3. The van der Waals surface area contributed by atoms with Gasteiger partial charge in [0, 0.05) is 38.2 Å². The quantitative estimate of drug-likeness (QED) is 0.789. The predicted octanol–water partition coefficient (Wildman–Crippen LogP) is 2.82. The van der Waals surface area contributed by atoms with Crippen LogP contribution in [0.4, 0.5) is 0 Å². The van der Waals surface area contributed by atoms with Gasteiger partial charge in [0.15, 0.2) is 0 Å². The summed E-state index contributed by atoms with van der Waals surface area (Å²) >= 11 is 0. The lowest BCUT2D eigenvalue weighted by molar-refractivity contribution is -0.134. The third kappa shape index (κ3) is 5.08. The number of ether oxygens (including phenoxy) is 1. The van der Waals surface area contributed by atoms with Crippen LogP contribution in [0.25, 0.3) is 5.57 Å². The first-order valence-electron chi connectivity index (χ1n) is 8.82. The fourth-order valence-corrected chi connectivity index (χ4v) is 2.94. The standard InChI is InChI=1S/C20H28N2O3/c1-15(2)20(24)22-11-5-10-21(12-13-22)19(23)14-16(3)17-6-8-18(25-4)9-7-17/h6-9,14-15H,5,10-13H2,1-4H3. The molecule has 0 unspecified atom stereocenters. The maximum atomic E-state index is 12.6. The Morgan fingerprint density at radius 3 is 2.24 bits per heavy atom. The van der Waals surface area contributed by atoms with Gasteiger partial charge in [-0.15, -0.1) is 0 Å². The second kappa shape index (κ2) is 8.70. The molecule has 0 spiro atoms. The first kappa shape index (κ1) is 19.0. The van der Waals surface area contributed by atoms with Crippen molar-refractivity contribution in [2.75, 3.05) is 33.3 Å². The number of benzene rings is 1. The molecule has 0 atom stereocenters. The summed E-state index contributed by atoms with van der Waals surface area (Å²) in [6, 6.07) is 7.67. The number of methoxy groups -OCH3 is 1. The molecule has 136 valence electrons. The number of hydrogen-bond donors (Lipinski definition) is 0.